The molecule has 0 saturated carbocycles. The summed E-state index contributed by atoms with van der Waals surface area (Å²) in [5.41, 5.74) is 1.88. The molecule has 1 aromatic heterocycles. The molecule has 0 unspecified atom stereocenters. The minimum Gasteiger partial charge on any atom is -0.497 e. The van der Waals surface area contributed by atoms with Crippen LogP contribution in [-0.2, 0) is 9.53 Å². The monoisotopic (exact) mass is 502 g/mol. The number of methoxy groups -OCH3 is 1. The molecule has 7 nitrogen and oxygen atoms in total. The van der Waals surface area contributed by atoms with Crippen LogP contribution in [0.2, 0.25) is 5.02 Å². The molecule has 3 rings (SSSR count). The summed E-state index contributed by atoms with van der Waals surface area (Å²) in [5.74, 6) is 0.719. The van der Waals surface area contributed by atoms with E-state index in [1.54, 1.807) is 38.3 Å². The zero-order chi connectivity index (χ0) is 24.5. The Labute approximate surface area is 208 Å². The van der Waals surface area contributed by atoms with Gasteiger partial charge in [-0.05, 0) is 55.9 Å². The van der Waals surface area contributed by atoms with Crippen LogP contribution in [0, 0.1) is 0 Å². The van der Waals surface area contributed by atoms with Crippen LogP contribution in [0.3, 0.4) is 0 Å². The number of hydrogen-bond acceptors (Lipinski definition) is 7. The summed E-state index contributed by atoms with van der Waals surface area (Å²) in [7, 11) is 3.42. The first-order chi connectivity index (χ1) is 16.4. The quantitative estimate of drug-likeness (QED) is 0.363. The lowest BCUT2D eigenvalue weighted by Crippen LogP contribution is -2.33. The molecule has 1 amide bonds. The molecule has 1 N–H and O–H groups in total. The molecular formula is C25H27ClN2O5S. The number of nitrogens with zero attached hydrogens (tertiary/aromatic N) is 1. The Morgan fingerprint density at radius 3 is 2.38 bits per heavy atom. The largest absolute Gasteiger partial charge is 0.497 e. The van der Waals surface area contributed by atoms with E-state index in [1.807, 2.05) is 41.6 Å². The van der Waals surface area contributed by atoms with Crippen molar-refractivity contribution in [1.82, 2.24) is 4.90 Å². The van der Waals surface area contributed by atoms with Crippen LogP contribution < -0.4 is 14.8 Å². The molecule has 0 aliphatic heterocycles. The van der Waals surface area contributed by atoms with E-state index >= 15 is 0 Å². The zero-order valence-electron chi connectivity index (χ0n) is 19.3. The molecule has 3 aromatic rings. The van der Waals surface area contributed by atoms with Crippen LogP contribution in [0.1, 0.15) is 17.3 Å². The van der Waals surface area contributed by atoms with E-state index in [9.17, 15) is 9.59 Å². The maximum atomic E-state index is 12.7. The first-order valence-corrected chi connectivity index (χ1v) is 12.0. The van der Waals surface area contributed by atoms with E-state index in [-0.39, 0.29) is 19.1 Å². The van der Waals surface area contributed by atoms with Gasteiger partial charge >= 0.3 is 5.97 Å². The Morgan fingerprint density at radius 1 is 1.06 bits per heavy atom. The van der Waals surface area contributed by atoms with Crippen molar-refractivity contribution in [3.8, 4) is 22.6 Å². The lowest BCUT2D eigenvalue weighted by atomic mass is 10.0. The lowest BCUT2D eigenvalue weighted by Gasteiger charge is -2.17. The predicted molar refractivity (Wildman–Crippen MR) is 135 cm³/mol. The number of esters is 1. The van der Waals surface area contributed by atoms with Gasteiger partial charge in [-0.25, -0.2) is 4.79 Å². The van der Waals surface area contributed by atoms with Crippen LogP contribution in [0.4, 0.5) is 5.00 Å². The van der Waals surface area contributed by atoms with Crippen molar-refractivity contribution in [3.05, 3.63) is 64.5 Å². The number of halogens is 1. The van der Waals surface area contributed by atoms with Gasteiger partial charge in [0.25, 0.3) is 0 Å². The first-order valence-electron chi connectivity index (χ1n) is 10.7. The number of hydrogen-bond donors (Lipinski definition) is 1. The van der Waals surface area contributed by atoms with E-state index in [4.69, 9.17) is 25.8 Å². The van der Waals surface area contributed by atoms with Gasteiger partial charge in [-0.3, -0.25) is 9.69 Å². The topological polar surface area (TPSA) is 77.1 Å². The molecule has 0 aliphatic rings. The summed E-state index contributed by atoms with van der Waals surface area (Å²) in [6.07, 6.45) is 0. The molecule has 0 aliphatic carbocycles. The SMILES string of the molecule is CCOC(=O)c1c(-c2ccc(OC)cc2)csc1NC(=O)CN(C)CCOc1ccc(Cl)cc1. The number of rotatable bonds is 11. The van der Waals surface area contributed by atoms with Crippen LogP contribution in [0.25, 0.3) is 11.1 Å². The van der Waals surface area contributed by atoms with Gasteiger partial charge in [-0.1, -0.05) is 23.7 Å². The second-order valence-electron chi connectivity index (χ2n) is 7.39. The van der Waals surface area contributed by atoms with Gasteiger partial charge < -0.3 is 19.5 Å². The molecule has 0 bridgehead atoms. The van der Waals surface area contributed by atoms with Gasteiger partial charge in [0.15, 0.2) is 0 Å². The van der Waals surface area contributed by atoms with E-state index in [1.165, 1.54) is 11.3 Å². The number of likely N-dealkylation sites (N-methyl/N-ethyl adjacent to an activating group) is 1. The summed E-state index contributed by atoms with van der Waals surface area (Å²) in [6.45, 7) is 3.08. The molecule has 9 heteroatoms. The molecule has 1 heterocycles. The Kier molecular flexibility index (Phi) is 9.33. The minimum atomic E-state index is -0.477. The summed E-state index contributed by atoms with van der Waals surface area (Å²) in [4.78, 5) is 27.2. The molecule has 180 valence electrons. The van der Waals surface area contributed by atoms with E-state index in [0.29, 0.717) is 45.8 Å². The average molecular weight is 503 g/mol. The zero-order valence-corrected chi connectivity index (χ0v) is 20.9. The number of nitrogens with one attached hydrogen (secondary N) is 1. The summed E-state index contributed by atoms with van der Waals surface area (Å²) in [5, 5.41) is 5.81. The molecular weight excluding hydrogens is 476 g/mol. The van der Waals surface area contributed by atoms with Crippen molar-refractivity contribution in [2.75, 3.05) is 45.8 Å². The summed E-state index contributed by atoms with van der Waals surface area (Å²) < 4.78 is 16.1. The fourth-order valence-electron chi connectivity index (χ4n) is 3.18. The second kappa shape index (κ2) is 12.4. The number of thiophene rings is 1. The fourth-order valence-corrected chi connectivity index (χ4v) is 4.28. The molecule has 0 radical (unpaired) electrons. The maximum Gasteiger partial charge on any atom is 0.341 e. The Hall–Kier alpha value is -3.07. The van der Waals surface area contributed by atoms with Gasteiger partial charge in [0.05, 0.1) is 20.3 Å². The van der Waals surface area contributed by atoms with Gasteiger partial charge in [0.1, 0.15) is 28.7 Å². The van der Waals surface area contributed by atoms with Gasteiger partial charge in [0.2, 0.25) is 5.91 Å². The van der Waals surface area contributed by atoms with Gasteiger partial charge in [0, 0.05) is 22.5 Å². The van der Waals surface area contributed by atoms with Crippen LogP contribution in [0.5, 0.6) is 11.5 Å². The molecule has 2 aromatic carbocycles. The van der Waals surface area contributed by atoms with Gasteiger partial charge in [-0.2, -0.15) is 0 Å². The van der Waals surface area contributed by atoms with Crippen molar-refractivity contribution in [3.63, 3.8) is 0 Å². The lowest BCUT2D eigenvalue weighted by molar-refractivity contribution is -0.117. The third-order valence-electron chi connectivity index (χ3n) is 4.89. The van der Waals surface area contributed by atoms with Crippen molar-refractivity contribution in [1.29, 1.82) is 0 Å². The number of carbonyl (C=O) groups is 2. The smallest absolute Gasteiger partial charge is 0.341 e. The fraction of sp³-hybridized carbons (Fsp3) is 0.280. The van der Waals surface area contributed by atoms with Crippen LogP contribution in [-0.4, -0.2) is 57.2 Å². The predicted octanol–water partition coefficient (Wildman–Crippen LogP) is 5.20. The minimum absolute atomic E-state index is 0.141. The third kappa shape index (κ3) is 6.96. The molecule has 0 spiro atoms. The van der Waals surface area contributed by atoms with Crippen molar-refractivity contribution in [2.24, 2.45) is 0 Å². The van der Waals surface area contributed by atoms with E-state index in [0.717, 1.165) is 5.56 Å². The maximum absolute atomic E-state index is 12.7. The average Bonchev–Trinajstić information content (AvgIpc) is 3.24. The first kappa shape index (κ1) is 25.6. The molecule has 34 heavy (non-hydrogen) atoms. The van der Waals surface area contributed by atoms with E-state index in [2.05, 4.69) is 5.32 Å². The van der Waals surface area contributed by atoms with E-state index < -0.39 is 5.97 Å². The van der Waals surface area contributed by atoms with Crippen LogP contribution >= 0.6 is 22.9 Å². The van der Waals surface area contributed by atoms with Crippen molar-refractivity contribution >= 4 is 39.8 Å². The normalized spacial score (nSPS) is 10.7. The second-order valence-corrected chi connectivity index (χ2v) is 8.71. The molecule has 0 atom stereocenters. The molecule has 0 fully saturated rings. The highest BCUT2D eigenvalue weighted by Gasteiger charge is 2.23. The Bertz CT molecular complexity index is 1100. The summed E-state index contributed by atoms with van der Waals surface area (Å²) >= 11 is 7.16. The van der Waals surface area contributed by atoms with Gasteiger partial charge in [-0.15, -0.1) is 11.3 Å². The Balaban J connectivity index is 1.63. The standard InChI is InChI=1S/C25H27ClN2O5S/c1-4-32-25(30)23-21(17-5-9-19(31-3)10-6-17)16-34-24(23)27-22(29)15-28(2)13-14-33-20-11-7-18(26)8-12-20/h5-12,16H,4,13-15H2,1-3H3,(H,27,29). The third-order valence-corrected chi connectivity index (χ3v) is 6.04. The molecule has 0 saturated heterocycles. The summed E-state index contributed by atoms with van der Waals surface area (Å²) in [6, 6.07) is 14.5. The van der Waals surface area contributed by atoms with Crippen molar-refractivity contribution < 1.29 is 23.8 Å². The number of benzene rings is 2. The Morgan fingerprint density at radius 2 is 1.74 bits per heavy atom. The highest BCUT2D eigenvalue weighted by atomic mass is 35.5. The number of anilines is 1. The number of carbonyl (C=O) groups excluding carboxylic acids is 2. The van der Waals surface area contributed by atoms with Crippen molar-refractivity contribution in [2.45, 2.75) is 6.92 Å². The van der Waals surface area contributed by atoms with Crippen LogP contribution in [0.15, 0.2) is 53.9 Å². The number of ether oxygens (including phenoxy) is 3. The highest BCUT2D eigenvalue weighted by Crippen LogP contribution is 2.36. The number of amides is 1. The highest BCUT2D eigenvalue weighted by molar-refractivity contribution is 7.15.